The van der Waals surface area contributed by atoms with Crippen LogP contribution in [0.15, 0.2) is 24.5 Å². The van der Waals surface area contributed by atoms with E-state index in [1.54, 1.807) is 18.3 Å². The van der Waals surface area contributed by atoms with Crippen LogP contribution in [0.3, 0.4) is 0 Å². The van der Waals surface area contributed by atoms with Gasteiger partial charge in [-0.15, -0.1) is 0 Å². The summed E-state index contributed by atoms with van der Waals surface area (Å²) >= 11 is 0. The molecule has 2 rings (SSSR count). The van der Waals surface area contributed by atoms with Crippen LogP contribution in [0.4, 0.5) is 5.69 Å². The number of anilines is 1. The van der Waals surface area contributed by atoms with Gasteiger partial charge in [-0.1, -0.05) is 0 Å². The van der Waals surface area contributed by atoms with Crippen molar-refractivity contribution in [3.63, 3.8) is 0 Å². The lowest BCUT2D eigenvalue weighted by Gasteiger charge is -2.02. The van der Waals surface area contributed by atoms with Crippen LogP contribution in [0.1, 0.15) is 17.3 Å². The van der Waals surface area contributed by atoms with Gasteiger partial charge in [-0.2, -0.15) is 5.10 Å². The maximum absolute atomic E-state index is 10.9. The number of hydrogen-bond acceptors (Lipinski definition) is 3. The molecule has 6 heteroatoms. The van der Waals surface area contributed by atoms with Crippen molar-refractivity contribution < 1.29 is 14.7 Å². The molecule has 0 atom stereocenters. The van der Waals surface area contributed by atoms with Gasteiger partial charge in [0.05, 0.1) is 11.7 Å². The number of pyridine rings is 1. The molecule has 2 aromatic rings. The smallest absolute Gasteiger partial charge is 0.339 e. The van der Waals surface area contributed by atoms with Gasteiger partial charge in [0, 0.05) is 18.8 Å². The third-order valence-electron chi connectivity index (χ3n) is 2.07. The highest BCUT2D eigenvalue weighted by atomic mass is 16.4. The number of carbonyl (C=O) groups excluding carboxylic acids is 1. The van der Waals surface area contributed by atoms with E-state index < -0.39 is 5.97 Å². The number of carboxylic acid groups (broad SMARTS) is 1. The van der Waals surface area contributed by atoms with Crippen molar-refractivity contribution in [2.45, 2.75) is 6.92 Å². The number of nitrogens with one attached hydrogen (secondary N) is 1. The molecule has 2 aromatic heterocycles. The van der Waals surface area contributed by atoms with E-state index in [0.29, 0.717) is 11.2 Å². The minimum absolute atomic E-state index is 0.104. The Morgan fingerprint density at radius 2 is 2.25 bits per heavy atom. The highest BCUT2D eigenvalue weighted by molar-refractivity contribution is 5.97. The highest BCUT2D eigenvalue weighted by Crippen LogP contribution is 2.15. The largest absolute Gasteiger partial charge is 0.478 e. The lowest BCUT2D eigenvalue weighted by atomic mass is 10.2. The van der Waals surface area contributed by atoms with Gasteiger partial charge in [-0.3, -0.25) is 4.79 Å². The second kappa shape index (κ2) is 3.65. The Kier molecular flexibility index (Phi) is 2.32. The average Bonchev–Trinajstić information content (AvgIpc) is 2.59. The quantitative estimate of drug-likeness (QED) is 0.788. The van der Waals surface area contributed by atoms with Gasteiger partial charge >= 0.3 is 5.97 Å². The van der Waals surface area contributed by atoms with Crippen molar-refractivity contribution in [2.24, 2.45) is 0 Å². The minimum Gasteiger partial charge on any atom is -0.478 e. The summed E-state index contributed by atoms with van der Waals surface area (Å²) in [7, 11) is 0. The molecular weight excluding hydrogens is 210 g/mol. The summed E-state index contributed by atoms with van der Waals surface area (Å²) in [5.41, 5.74) is 1.09. The number of carboxylic acids is 1. The van der Waals surface area contributed by atoms with E-state index in [-0.39, 0.29) is 11.5 Å². The molecule has 0 aliphatic carbocycles. The number of nitrogens with zero attached hydrogens (tertiary/aromatic N) is 2. The Balaban J connectivity index is 2.54. The van der Waals surface area contributed by atoms with Crippen LogP contribution in [-0.2, 0) is 4.79 Å². The summed E-state index contributed by atoms with van der Waals surface area (Å²) in [6.45, 7) is 1.39. The monoisotopic (exact) mass is 219 g/mol. The van der Waals surface area contributed by atoms with Crippen molar-refractivity contribution in [1.29, 1.82) is 0 Å². The zero-order valence-electron chi connectivity index (χ0n) is 8.47. The van der Waals surface area contributed by atoms with Gasteiger partial charge in [-0.05, 0) is 12.1 Å². The standard InChI is InChI=1S/C10H9N3O3/c1-6(14)12-7-2-3-13-9(4-7)8(5-11-13)10(15)16/h2-5H,1H3,(H,12,14)(H,15,16). The van der Waals surface area contributed by atoms with Crippen LogP contribution < -0.4 is 5.32 Å². The number of hydrogen-bond donors (Lipinski definition) is 2. The van der Waals surface area contributed by atoms with Gasteiger partial charge in [0.15, 0.2) is 0 Å². The fraction of sp³-hybridized carbons (Fsp3) is 0.100. The number of amides is 1. The van der Waals surface area contributed by atoms with Crippen molar-refractivity contribution in [3.05, 3.63) is 30.1 Å². The molecule has 0 aliphatic heterocycles. The summed E-state index contributed by atoms with van der Waals surface area (Å²) in [6.07, 6.45) is 2.86. The van der Waals surface area contributed by atoms with Crippen molar-refractivity contribution in [2.75, 3.05) is 5.32 Å². The summed E-state index contributed by atoms with van der Waals surface area (Å²) in [5, 5.41) is 15.4. The van der Waals surface area contributed by atoms with Crippen LogP contribution in [-0.4, -0.2) is 26.6 Å². The summed E-state index contributed by atoms with van der Waals surface area (Å²) in [5.74, 6) is -1.25. The fourth-order valence-electron chi connectivity index (χ4n) is 1.43. The Hall–Kier alpha value is -2.37. The molecule has 0 fully saturated rings. The Bertz CT molecular complexity index is 574. The van der Waals surface area contributed by atoms with Crippen LogP contribution in [0.2, 0.25) is 0 Å². The number of aromatic nitrogens is 2. The van der Waals surface area contributed by atoms with E-state index in [2.05, 4.69) is 10.4 Å². The number of fused-ring (bicyclic) bond motifs is 1. The van der Waals surface area contributed by atoms with Gasteiger partial charge in [0.2, 0.25) is 5.91 Å². The number of aromatic carboxylic acids is 1. The first-order valence-electron chi connectivity index (χ1n) is 4.56. The van der Waals surface area contributed by atoms with Gasteiger partial charge < -0.3 is 10.4 Å². The first-order valence-corrected chi connectivity index (χ1v) is 4.56. The molecule has 82 valence electrons. The molecule has 1 amide bonds. The number of rotatable bonds is 2. The third-order valence-corrected chi connectivity index (χ3v) is 2.07. The summed E-state index contributed by atoms with van der Waals surface area (Å²) < 4.78 is 1.44. The molecule has 2 heterocycles. The second-order valence-electron chi connectivity index (χ2n) is 3.29. The topological polar surface area (TPSA) is 83.7 Å². The molecular formula is C10H9N3O3. The Morgan fingerprint density at radius 3 is 2.88 bits per heavy atom. The van der Waals surface area contributed by atoms with Crippen molar-refractivity contribution in [1.82, 2.24) is 9.61 Å². The zero-order valence-corrected chi connectivity index (χ0v) is 8.47. The fourth-order valence-corrected chi connectivity index (χ4v) is 1.43. The first kappa shape index (κ1) is 10.2. The summed E-state index contributed by atoms with van der Waals surface area (Å²) in [4.78, 5) is 21.7. The molecule has 16 heavy (non-hydrogen) atoms. The highest BCUT2D eigenvalue weighted by Gasteiger charge is 2.11. The van der Waals surface area contributed by atoms with Crippen molar-refractivity contribution >= 4 is 23.1 Å². The van der Waals surface area contributed by atoms with E-state index in [1.807, 2.05) is 0 Å². The average molecular weight is 219 g/mol. The molecule has 2 N–H and O–H groups in total. The SMILES string of the molecule is CC(=O)Nc1ccn2ncc(C(=O)O)c2c1. The Labute approximate surface area is 90.5 Å². The molecule has 0 saturated carbocycles. The van der Waals surface area contributed by atoms with Gasteiger partial charge in [-0.25, -0.2) is 9.31 Å². The van der Waals surface area contributed by atoms with Crippen LogP contribution >= 0.6 is 0 Å². The lowest BCUT2D eigenvalue weighted by Crippen LogP contribution is -2.06. The molecule has 0 unspecified atom stereocenters. The van der Waals surface area contributed by atoms with E-state index in [9.17, 15) is 9.59 Å². The van der Waals surface area contributed by atoms with E-state index in [4.69, 9.17) is 5.11 Å². The van der Waals surface area contributed by atoms with E-state index in [1.165, 1.54) is 17.6 Å². The predicted octanol–water partition coefficient (Wildman–Crippen LogP) is 0.991. The van der Waals surface area contributed by atoms with E-state index >= 15 is 0 Å². The minimum atomic E-state index is -1.05. The normalized spacial score (nSPS) is 10.3. The maximum atomic E-state index is 10.9. The molecule has 0 bridgehead atoms. The first-order chi connectivity index (χ1) is 7.58. The molecule has 0 aromatic carbocycles. The predicted molar refractivity (Wildman–Crippen MR) is 56.5 cm³/mol. The molecule has 0 radical (unpaired) electrons. The van der Waals surface area contributed by atoms with Crippen LogP contribution in [0, 0.1) is 0 Å². The molecule has 6 nitrogen and oxygen atoms in total. The van der Waals surface area contributed by atoms with Gasteiger partial charge in [0.1, 0.15) is 5.56 Å². The zero-order chi connectivity index (χ0) is 11.7. The molecule has 0 aliphatic rings. The Morgan fingerprint density at radius 1 is 1.50 bits per heavy atom. The number of carbonyl (C=O) groups is 2. The molecule has 0 spiro atoms. The van der Waals surface area contributed by atoms with Gasteiger partial charge in [0.25, 0.3) is 0 Å². The maximum Gasteiger partial charge on any atom is 0.339 e. The third kappa shape index (κ3) is 1.72. The molecule has 0 saturated heterocycles. The van der Waals surface area contributed by atoms with Crippen molar-refractivity contribution in [3.8, 4) is 0 Å². The van der Waals surface area contributed by atoms with Crippen LogP contribution in [0.5, 0.6) is 0 Å². The van der Waals surface area contributed by atoms with Crippen LogP contribution in [0.25, 0.3) is 5.52 Å². The second-order valence-corrected chi connectivity index (χ2v) is 3.29. The summed E-state index contributed by atoms with van der Waals surface area (Å²) in [6, 6.07) is 3.21. The lowest BCUT2D eigenvalue weighted by molar-refractivity contribution is -0.114. The van der Waals surface area contributed by atoms with E-state index in [0.717, 1.165) is 0 Å².